The van der Waals surface area contributed by atoms with Crippen molar-refractivity contribution in [3.05, 3.63) is 143 Å². The van der Waals surface area contributed by atoms with Gasteiger partial charge < -0.3 is 40.2 Å². The number of imidazole rings is 2. The van der Waals surface area contributed by atoms with E-state index in [9.17, 15) is 24.3 Å². The van der Waals surface area contributed by atoms with Crippen molar-refractivity contribution < 1.29 is 29.0 Å². The molecule has 6 aromatic rings. The molecule has 2 saturated heterocycles. The number of methoxy groups -OCH3 is 1. The zero-order chi connectivity index (χ0) is 43.3. The number of aromatic nitrogens is 4. The lowest BCUT2D eigenvalue weighted by Gasteiger charge is -2.28. The van der Waals surface area contributed by atoms with Gasteiger partial charge in [0.2, 0.25) is 0 Å². The van der Waals surface area contributed by atoms with Gasteiger partial charge in [0.15, 0.2) is 5.15 Å². The van der Waals surface area contributed by atoms with Crippen molar-refractivity contribution in [2.45, 2.75) is 48.7 Å². The van der Waals surface area contributed by atoms with Crippen LogP contribution in [0.4, 0.5) is 9.59 Å². The number of halogens is 1. The molecular weight excluding hydrogens is 828 g/mol. The van der Waals surface area contributed by atoms with Crippen molar-refractivity contribution in [2.75, 3.05) is 26.5 Å². The van der Waals surface area contributed by atoms with E-state index in [4.69, 9.17) is 21.3 Å². The topological polar surface area (TPSA) is 186 Å². The van der Waals surface area contributed by atoms with Gasteiger partial charge in [-0.3, -0.25) is 9.59 Å². The van der Waals surface area contributed by atoms with Crippen molar-refractivity contribution in [3.8, 4) is 33.6 Å². The number of thioether (sulfide) groups is 1. The number of alkyl carbamates (subject to hydrolysis) is 1. The molecule has 0 radical (unpaired) electrons. The predicted molar refractivity (Wildman–Crippen MR) is 237 cm³/mol. The Kier molecular flexibility index (Phi) is 12.6. The van der Waals surface area contributed by atoms with E-state index in [-0.39, 0.29) is 29.1 Å². The van der Waals surface area contributed by atoms with Gasteiger partial charge >= 0.3 is 12.2 Å². The highest BCUT2D eigenvalue weighted by Gasteiger charge is 2.41. The fourth-order valence-electron chi connectivity index (χ4n) is 8.33. The van der Waals surface area contributed by atoms with E-state index >= 15 is 0 Å². The molecule has 2 aliphatic rings. The molecule has 5 atom stereocenters. The number of H-pyrrole nitrogens is 2. The number of rotatable bonds is 12. The summed E-state index contributed by atoms with van der Waals surface area (Å²) in [6.45, 7) is 0.973. The minimum Gasteiger partial charge on any atom is -0.465 e. The zero-order valence-corrected chi connectivity index (χ0v) is 35.5. The summed E-state index contributed by atoms with van der Waals surface area (Å²) in [7, 11) is 1.26. The first kappa shape index (κ1) is 42.1. The van der Waals surface area contributed by atoms with E-state index in [0.29, 0.717) is 59.6 Å². The molecule has 8 rings (SSSR count). The Hall–Kier alpha value is -6.58. The fourth-order valence-corrected chi connectivity index (χ4v) is 9.26. The van der Waals surface area contributed by atoms with Crippen LogP contribution in [0.15, 0.2) is 115 Å². The molecule has 0 aliphatic carbocycles. The fraction of sp³-hybridized carbons (Fsp3) is 0.261. The number of likely N-dealkylation sites (tertiary alicyclic amines) is 2. The minimum atomic E-state index is -1.27. The number of hydrogen-bond donors (Lipinski definition) is 5. The van der Waals surface area contributed by atoms with Crippen molar-refractivity contribution in [1.82, 2.24) is 40.4 Å². The first-order valence-electron chi connectivity index (χ1n) is 20.2. The summed E-state index contributed by atoms with van der Waals surface area (Å²) < 4.78 is 4.83. The van der Waals surface area contributed by atoms with E-state index in [0.717, 1.165) is 34.4 Å². The second-order valence-electron chi connectivity index (χ2n) is 15.2. The molecule has 4 aromatic carbocycles. The van der Waals surface area contributed by atoms with Gasteiger partial charge in [0, 0.05) is 23.9 Å². The summed E-state index contributed by atoms with van der Waals surface area (Å²) in [5.41, 5.74) is 6.41. The lowest BCUT2D eigenvalue weighted by atomic mass is 10.0. The number of carboxylic acid groups (broad SMARTS) is 1. The highest BCUT2D eigenvalue weighted by atomic mass is 35.5. The van der Waals surface area contributed by atoms with Crippen LogP contribution in [0.1, 0.15) is 66.2 Å². The third-order valence-electron chi connectivity index (χ3n) is 11.5. The van der Waals surface area contributed by atoms with Crippen LogP contribution >= 0.6 is 23.4 Å². The number of carbonyl (C=O) groups excluding carboxylic acids is 3. The van der Waals surface area contributed by atoms with E-state index in [1.807, 2.05) is 79.1 Å². The van der Waals surface area contributed by atoms with Crippen molar-refractivity contribution in [3.63, 3.8) is 0 Å². The summed E-state index contributed by atoms with van der Waals surface area (Å²) in [5.74, 6) is 0.638. The molecule has 5 N–H and O–H groups in total. The van der Waals surface area contributed by atoms with E-state index in [2.05, 4.69) is 25.6 Å². The van der Waals surface area contributed by atoms with Crippen LogP contribution in [-0.4, -0.2) is 90.5 Å². The molecule has 0 bridgehead atoms. The molecule has 4 amide bonds. The van der Waals surface area contributed by atoms with E-state index in [1.54, 1.807) is 64.2 Å². The molecule has 62 heavy (non-hydrogen) atoms. The molecule has 14 nitrogen and oxygen atoms in total. The molecule has 0 saturated carbocycles. The maximum atomic E-state index is 14.0. The second-order valence-corrected chi connectivity index (χ2v) is 16.7. The number of aromatic amines is 2. The lowest BCUT2D eigenvalue weighted by Crippen LogP contribution is -2.42. The first-order valence-corrected chi connectivity index (χ1v) is 21.9. The van der Waals surface area contributed by atoms with Crippen LogP contribution in [0.5, 0.6) is 0 Å². The monoisotopic (exact) mass is 872 g/mol. The Morgan fingerprint density at radius 3 is 1.95 bits per heavy atom. The van der Waals surface area contributed by atoms with Crippen LogP contribution in [0.25, 0.3) is 33.6 Å². The summed E-state index contributed by atoms with van der Waals surface area (Å²) in [5, 5.41) is 15.2. The van der Waals surface area contributed by atoms with Crippen LogP contribution in [-0.2, 0) is 14.3 Å². The number of amides is 4. The zero-order valence-electron chi connectivity index (χ0n) is 34.0. The number of nitrogens with zero attached hydrogens (tertiary/aromatic N) is 4. The van der Waals surface area contributed by atoms with Gasteiger partial charge in [-0.2, -0.15) is 11.8 Å². The van der Waals surface area contributed by atoms with E-state index in [1.165, 1.54) is 7.11 Å². The molecular formula is C46H45ClN8O6S. The number of hydrogen-bond acceptors (Lipinski definition) is 8. The van der Waals surface area contributed by atoms with Gasteiger partial charge in [-0.15, -0.1) is 0 Å². The molecule has 2 unspecified atom stereocenters. The van der Waals surface area contributed by atoms with Crippen LogP contribution in [0.3, 0.4) is 0 Å². The number of ether oxygens (including phenoxy) is 1. The Balaban J connectivity index is 0.957. The molecule has 2 aliphatic heterocycles. The molecule has 16 heteroatoms. The number of carbonyl (C=O) groups is 4. The Bertz CT molecular complexity index is 2540. The first-order chi connectivity index (χ1) is 30.1. The maximum absolute atomic E-state index is 14.0. The molecule has 0 spiro atoms. The quantitative estimate of drug-likeness (QED) is 0.0804. The summed E-state index contributed by atoms with van der Waals surface area (Å²) in [6.07, 6.45) is 3.94. The van der Waals surface area contributed by atoms with Gasteiger partial charge in [0.05, 0.1) is 36.8 Å². The Labute approximate surface area is 367 Å². The van der Waals surface area contributed by atoms with Crippen molar-refractivity contribution >= 4 is 47.4 Å². The molecule has 318 valence electrons. The minimum absolute atomic E-state index is 0.167. The highest BCUT2D eigenvalue weighted by molar-refractivity contribution is 7.99. The normalized spacial score (nSPS) is 18.3. The van der Waals surface area contributed by atoms with Gasteiger partial charge in [0.1, 0.15) is 23.7 Å². The maximum Gasteiger partial charge on any atom is 0.407 e. The van der Waals surface area contributed by atoms with Gasteiger partial charge in [-0.1, -0.05) is 121 Å². The van der Waals surface area contributed by atoms with Gasteiger partial charge in [0.25, 0.3) is 11.8 Å². The Morgan fingerprint density at radius 1 is 0.774 bits per heavy atom. The SMILES string of the molecule is COC(=O)NC(C(=O)N1CCCC1c1nc(Cl)c(-c2ccc(-c3ccc(-c4cnc([C@@H]5C[C@H](SC)CN5C(=O)[C@@H](NC(=O)O)c5ccccc5)[nH]4)cc3)cc2)[nH]1)c1ccccc1. The largest absolute Gasteiger partial charge is 0.465 e. The van der Waals surface area contributed by atoms with Crippen LogP contribution < -0.4 is 10.6 Å². The molecule has 2 aromatic heterocycles. The average molecular weight is 873 g/mol. The van der Waals surface area contributed by atoms with Crippen LogP contribution in [0.2, 0.25) is 5.15 Å². The standard InChI is InChI=1S/C46H45ClN8O6S/c1-61-46(60)52-39(31-12-7-4-8-13-31)43(56)54-23-9-14-35(54)42-50-37(40(47)53-42)32-21-17-28(18-22-32)27-15-19-29(20-16-27)34-25-48-41(49-34)36-24-33(62-2)26-55(36)44(57)38(51-45(58)59)30-10-5-3-6-11-30/h3-8,10-13,15-22,25,33,35-36,38-39,51H,9,14,23-24,26H2,1-2H3,(H,48,49)(H,50,53)(H,52,60)(H,58,59)/t33-,35?,36-,38-,39?/m0/s1. The van der Waals surface area contributed by atoms with Gasteiger partial charge in [-0.25, -0.2) is 19.6 Å². The number of nitrogens with one attached hydrogen (secondary N) is 4. The molecule has 2 fully saturated rings. The van der Waals surface area contributed by atoms with Gasteiger partial charge in [-0.05, 0) is 53.3 Å². The lowest BCUT2D eigenvalue weighted by molar-refractivity contribution is -0.135. The summed E-state index contributed by atoms with van der Waals surface area (Å²) in [6, 6.07) is 31.4. The van der Waals surface area contributed by atoms with Crippen molar-refractivity contribution in [1.29, 1.82) is 0 Å². The third-order valence-corrected chi connectivity index (χ3v) is 12.8. The smallest absolute Gasteiger partial charge is 0.407 e. The molecule has 4 heterocycles. The predicted octanol–water partition coefficient (Wildman–Crippen LogP) is 8.56. The average Bonchev–Trinajstić information content (AvgIpc) is 4.14. The highest BCUT2D eigenvalue weighted by Crippen LogP contribution is 2.39. The summed E-state index contributed by atoms with van der Waals surface area (Å²) in [4.78, 5) is 71.6. The third kappa shape index (κ3) is 8.90. The van der Waals surface area contributed by atoms with Crippen molar-refractivity contribution in [2.24, 2.45) is 0 Å². The Morgan fingerprint density at radius 2 is 1.35 bits per heavy atom. The van der Waals surface area contributed by atoms with Crippen LogP contribution in [0, 0.1) is 0 Å². The van der Waals surface area contributed by atoms with E-state index < -0.39 is 24.3 Å². The summed E-state index contributed by atoms with van der Waals surface area (Å²) >= 11 is 8.41. The second kappa shape index (κ2) is 18.6. The number of benzene rings is 4.